The predicted molar refractivity (Wildman–Crippen MR) is 79.2 cm³/mol. The first-order valence-corrected chi connectivity index (χ1v) is 7.21. The standard InChI is InChI=1S/C16H19N3O2/c1-11-9-18-15(19-11)6-7-17-16(20)13-8-12-4-2-3-5-14(12)21-10-13/h2-5,9,13H,6-8,10H2,1H3,(H,17,20)(H,18,19)/t13-/m1/s1. The van der Waals surface area contributed by atoms with Crippen molar-refractivity contribution in [1.29, 1.82) is 0 Å². The molecule has 1 amide bonds. The van der Waals surface area contributed by atoms with Crippen LogP contribution in [0.5, 0.6) is 5.75 Å². The van der Waals surface area contributed by atoms with Crippen molar-refractivity contribution >= 4 is 5.91 Å². The van der Waals surface area contributed by atoms with Crippen molar-refractivity contribution in [2.75, 3.05) is 13.2 Å². The molecule has 1 aliphatic heterocycles. The Morgan fingerprint density at radius 3 is 3.14 bits per heavy atom. The van der Waals surface area contributed by atoms with E-state index in [9.17, 15) is 4.79 Å². The second kappa shape index (κ2) is 5.99. The molecule has 1 atom stereocenters. The van der Waals surface area contributed by atoms with Crippen LogP contribution in [0.15, 0.2) is 30.5 Å². The first-order chi connectivity index (χ1) is 10.2. The van der Waals surface area contributed by atoms with Gasteiger partial charge in [-0.3, -0.25) is 4.79 Å². The molecular weight excluding hydrogens is 266 g/mol. The molecular formula is C16H19N3O2. The zero-order valence-corrected chi connectivity index (χ0v) is 12.1. The molecule has 110 valence electrons. The summed E-state index contributed by atoms with van der Waals surface area (Å²) >= 11 is 0. The van der Waals surface area contributed by atoms with Crippen LogP contribution in [0.1, 0.15) is 17.1 Å². The fraction of sp³-hybridized carbons (Fsp3) is 0.375. The number of rotatable bonds is 4. The van der Waals surface area contributed by atoms with Crippen LogP contribution >= 0.6 is 0 Å². The summed E-state index contributed by atoms with van der Waals surface area (Å²) in [6.07, 6.45) is 3.24. The monoisotopic (exact) mass is 285 g/mol. The molecule has 0 radical (unpaired) electrons. The van der Waals surface area contributed by atoms with Crippen LogP contribution in [0.2, 0.25) is 0 Å². The molecule has 2 aromatic rings. The van der Waals surface area contributed by atoms with Crippen LogP contribution in [0.4, 0.5) is 0 Å². The maximum absolute atomic E-state index is 12.2. The Hall–Kier alpha value is -2.30. The first kappa shape index (κ1) is 13.7. The Labute approximate surface area is 123 Å². The second-order valence-corrected chi connectivity index (χ2v) is 5.37. The van der Waals surface area contributed by atoms with Gasteiger partial charge in [0.1, 0.15) is 18.2 Å². The molecule has 3 rings (SSSR count). The number of aromatic amines is 1. The quantitative estimate of drug-likeness (QED) is 0.897. The number of imidazole rings is 1. The van der Waals surface area contributed by atoms with Crippen LogP contribution < -0.4 is 10.1 Å². The lowest BCUT2D eigenvalue weighted by Gasteiger charge is -2.24. The minimum absolute atomic E-state index is 0.0489. The molecule has 0 saturated carbocycles. The smallest absolute Gasteiger partial charge is 0.226 e. The summed E-state index contributed by atoms with van der Waals surface area (Å²) in [4.78, 5) is 19.6. The van der Waals surface area contributed by atoms with E-state index >= 15 is 0 Å². The molecule has 0 bridgehead atoms. The van der Waals surface area contributed by atoms with E-state index in [1.54, 1.807) is 6.20 Å². The molecule has 5 nitrogen and oxygen atoms in total. The van der Waals surface area contributed by atoms with Crippen molar-refractivity contribution in [3.63, 3.8) is 0 Å². The van der Waals surface area contributed by atoms with Gasteiger partial charge in [0.2, 0.25) is 5.91 Å². The van der Waals surface area contributed by atoms with Gasteiger partial charge in [-0.1, -0.05) is 18.2 Å². The van der Waals surface area contributed by atoms with Gasteiger partial charge in [-0.2, -0.15) is 0 Å². The molecule has 0 aliphatic carbocycles. The Morgan fingerprint density at radius 1 is 1.48 bits per heavy atom. The highest BCUT2D eigenvalue weighted by Crippen LogP contribution is 2.26. The van der Waals surface area contributed by atoms with Crippen molar-refractivity contribution in [2.45, 2.75) is 19.8 Å². The van der Waals surface area contributed by atoms with E-state index in [0.717, 1.165) is 29.3 Å². The average molecular weight is 285 g/mol. The van der Waals surface area contributed by atoms with E-state index in [4.69, 9.17) is 4.74 Å². The molecule has 2 N–H and O–H groups in total. The number of para-hydroxylation sites is 1. The number of benzene rings is 1. The molecule has 0 spiro atoms. The highest BCUT2D eigenvalue weighted by Gasteiger charge is 2.25. The van der Waals surface area contributed by atoms with Crippen molar-refractivity contribution in [3.8, 4) is 5.75 Å². The number of ether oxygens (including phenoxy) is 1. The molecule has 1 aromatic carbocycles. The highest BCUT2D eigenvalue weighted by molar-refractivity contribution is 5.79. The van der Waals surface area contributed by atoms with Gasteiger partial charge in [-0.15, -0.1) is 0 Å². The SMILES string of the molecule is Cc1cnc(CCNC(=O)[C@H]2COc3ccccc3C2)[nH]1. The van der Waals surface area contributed by atoms with Crippen molar-refractivity contribution < 1.29 is 9.53 Å². The number of amides is 1. The predicted octanol–water partition coefficient (Wildman–Crippen LogP) is 1.63. The van der Waals surface area contributed by atoms with Gasteiger partial charge >= 0.3 is 0 Å². The summed E-state index contributed by atoms with van der Waals surface area (Å²) < 4.78 is 5.65. The van der Waals surface area contributed by atoms with Crippen LogP contribution in [0.3, 0.4) is 0 Å². The highest BCUT2D eigenvalue weighted by atomic mass is 16.5. The zero-order valence-electron chi connectivity index (χ0n) is 12.1. The Kier molecular flexibility index (Phi) is 3.90. The Morgan fingerprint density at radius 2 is 2.33 bits per heavy atom. The number of nitrogens with one attached hydrogen (secondary N) is 2. The third kappa shape index (κ3) is 3.24. The summed E-state index contributed by atoms with van der Waals surface area (Å²) in [5.41, 5.74) is 2.14. The minimum Gasteiger partial charge on any atom is -0.492 e. The lowest BCUT2D eigenvalue weighted by Crippen LogP contribution is -2.38. The van der Waals surface area contributed by atoms with E-state index in [-0.39, 0.29) is 11.8 Å². The summed E-state index contributed by atoms with van der Waals surface area (Å²) in [7, 11) is 0. The molecule has 5 heteroatoms. The van der Waals surface area contributed by atoms with Gasteiger partial charge in [0.05, 0.1) is 5.92 Å². The summed E-state index contributed by atoms with van der Waals surface area (Å²) in [5, 5.41) is 2.96. The first-order valence-electron chi connectivity index (χ1n) is 7.21. The lowest BCUT2D eigenvalue weighted by molar-refractivity contribution is -0.126. The second-order valence-electron chi connectivity index (χ2n) is 5.37. The number of H-pyrrole nitrogens is 1. The number of hydrogen-bond acceptors (Lipinski definition) is 3. The van der Waals surface area contributed by atoms with Gasteiger partial charge in [-0.05, 0) is 25.0 Å². The number of carbonyl (C=O) groups excluding carboxylic acids is 1. The average Bonchev–Trinajstić information content (AvgIpc) is 2.92. The van der Waals surface area contributed by atoms with E-state index in [2.05, 4.69) is 15.3 Å². The van der Waals surface area contributed by atoms with Gasteiger partial charge in [0.25, 0.3) is 0 Å². The van der Waals surface area contributed by atoms with Gasteiger partial charge in [0.15, 0.2) is 0 Å². The number of aryl methyl sites for hydroxylation is 1. The third-order valence-corrected chi connectivity index (χ3v) is 3.67. The maximum atomic E-state index is 12.2. The number of aromatic nitrogens is 2. The van der Waals surface area contributed by atoms with Crippen LogP contribution in [-0.4, -0.2) is 29.0 Å². The largest absolute Gasteiger partial charge is 0.492 e. The summed E-state index contributed by atoms with van der Waals surface area (Å²) in [5.74, 6) is 1.73. The number of fused-ring (bicyclic) bond motifs is 1. The Balaban J connectivity index is 1.50. The summed E-state index contributed by atoms with van der Waals surface area (Å²) in [6, 6.07) is 7.88. The van der Waals surface area contributed by atoms with E-state index < -0.39 is 0 Å². The van der Waals surface area contributed by atoms with Crippen LogP contribution in [-0.2, 0) is 17.6 Å². The fourth-order valence-corrected chi connectivity index (χ4v) is 2.54. The number of carbonyl (C=O) groups is 1. The molecule has 21 heavy (non-hydrogen) atoms. The van der Waals surface area contributed by atoms with E-state index in [1.165, 1.54) is 0 Å². The van der Waals surface area contributed by atoms with Crippen molar-refractivity contribution in [3.05, 3.63) is 47.5 Å². The van der Waals surface area contributed by atoms with Crippen LogP contribution in [0.25, 0.3) is 0 Å². The maximum Gasteiger partial charge on any atom is 0.226 e. The number of nitrogens with zero attached hydrogens (tertiary/aromatic N) is 1. The van der Waals surface area contributed by atoms with Crippen molar-refractivity contribution in [1.82, 2.24) is 15.3 Å². The van der Waals surface area contributed by atoms with E-state index in [0.29, 0.717) is 19.6 Å². The van der Waals surface area contributed by atoms with Crippen molar-refractivity contribution in [2.24, 2.45) is 5.92 Å². The topological polar surface area (TPSA) is 67.0 Å². The van der Waals surface area contributed by atoms with E-state index in [1.807, 2.05) is 31.2 Å². The van der Waals surface area contributed by atoms with Crippen LogP contribution in [0, 0.1) is 12.8 Å². The molecule has 1 aliphatic rings. The zero-order chi connectivity index (χ0) is 14.7. The van der Waals surface area contributed by atoms with Gasteiger partial charge in [0, 0.05) is 24.9 Å². The molecule has 1 aromatic heterocycles. The molecule has 0 unspecified atom stereocenters. The molecule has 2 heterocycles. The number of hydrogen-bond donors (Lipinski definition) is 2. The van der Waals surface area contributed by atoms with Gasteiger partial charge < -0.3 is 15.0 Å². The normalized spacial score (nSPS) is 16.9. The third-order valence-electron chi connectivity index (χ3n) is 3.67. The summed E-state index contributed by atoms with van der Waals surface area (Å²) in [6.45, 7) is 3.00. The fourth-order valence-electron chi connectivity index (χ4n) is 2.54. The lowest BCUT2D eigenvalue weighted by atomic mass is 9.96. The van der Waals surface area contributed by atoms with Gasteiger partial charge in [-0.25, -0.2) is 4.98 Å². The molecule has 0 fully saturated rings. The minimum atomic E-state index is -0.113. The molecule has 0 saturated heterocycles. The Bertz CT molecular complexity index is 636.